The van der Waals surface area contributed by atoms with Crippen molar-refractivity contribution >= 4 is 16.7 Å². The molecule has 0 fully saturated rings. The van der Waals surface area contributed by atoms with Crippen molar-refractivity contribution in [2.75, 3.05) is 14.2 Å². The Hall–Kier alpha value is -2.81. The summed E-state index contributed by atoms with van der Waals surface area (Å²) in [6, 6.07) is 12.1. The van der Waals surface area contributed by atoms with Crippen LogP contribution in [0.2, 0.25) is 0 Å². The number of hydrogen-bond acceptors (Lipinski definition) is 3. The van der Waals surface area contributed by atoms with Gasteiger partial charge in [0.25, 0.3) is 0 Å². The maximum atomic E-state index is 12.7. The summed E-state index contributed by atoms with van der Waals surface area (Å²) in [6.45, 7) is 8.22. The van der Waals surface area contributed by atoms with Gasteiger partial charge in [-0.25, -0.2) is 4.79 Å². The average Bonchev–Trinajstić information content (AvgIpc) is 2.67. The monoisotopic (exact) mass is 348 g/mol. The molecule has 0 spiro atoms. The topological polar surface area (TPSA) is 35.5 Å². The minimum absolute atomic E-state index is 0.302. The molecular formula is C23H24O3. The van der Waals surface area contributed by atoms with Crippen molar-refractivity contribution in [3.05, 3.63) is 64.2 Å². The van der Waals surface area contributed by atoms with Gasteiger partial charge < -0.3 is 9.47 Å². The van der Waals surface area contributed by atoms with Gasteiger partial charge in [0.15, 0.2) is 0 Å². The molecular weight excluding hydrogens is 324 g/mol. The van der Waals surface area contributed by atoms with Crippen LogP contribution in [0.4, 0.5) is 0 Å². The van der Waals surface area contributed by atoms with Crippen LogP contribution in [0.25, 0.3) is 21.9 Å². The molecule has 3 rings (SSSR count). The molecule has 0 saturated carbocycles. The number of carbonyl (C=O) groups excluding carboxylic acids is 1. The molecule has 3 aromatic carbocycles. The Balaban J connectivity index is 2.49. The first-order valence-corrected chi connectivity index (χ1v) is 8.67. The van der Waals surface area contributed by atoms with Crippen molar-refractivity contribution in [2.24, 2.45) is 0 Å². The van der Waals surface area contributed by atoms with Gasteiger partial charge in [-0.1, -0.05) is 30.3 Å². The van der Waals surface area contributed by atoms with Crippen molar-refractivity contribution in [1.29, 1.82) is 0 Å². The molecule has 0 atom stereocenters. The zero-order chi connectivity index (χ0) is 19.0. The molecule has 0 aromatic heterocycles. The van der Waals surface area contributed by atoms with Gasteiger partial charge in [-0.2, -0.15) is 0 Å². The van der Waals surface area contributed by atoms with Gasteiger partial charge in [-0.05, 0) is 67.0 Å². The second kappa shape index (κ2) is 6.83. The number of hydrogen-bond donors (Lipinski definition) is 0. The van der Waals surface area contributed by atoms with Crippen molar-refractivity contribution in [3.8, 4) is 16.9 Å². The highest BCUT2D eigenvalue weighted by Gasteiger charge is 2.23. The highest BCUT2D eigenvalue weighted by molar-refractivity contribution is 6.07. The van der Waals surface area contributed by atoms with E-state index in [1.165, 1.54) is 12.7 Å². The molecule has 0 radical (unpaired) electrons. The predicted molar refractivity (Wildman–Crippen MR) is 106 cm³/mol. The zero-order valence-corrected chi connectivity index (χ0v) is 16.2. The molecule has 0 aliphatic carbocycles. The average molecular weight is 348 g/mol. The Morgan fingerprint density at radius 1 is 0.769 bits per heavy atom. The van der Waals surface area contributed by atoms with Gasteiger partial charge >= 0.3 is 5.97 Å². The van der Waals surface area contributed by atoms with Crippen molar-refractivity contribution < 1.29 is 14.3 Å². The molecule has 0 aliphatic rings. The Labute approximate surface area is 154 Å². The number of rotatable bonds is 3. The zero-order valence-electron chi connectivity index (χ0n) is 16.2. The van der Waals surface area contributed by atoms with Crippen LogP contribution in [0, 0.1) is 27.7 Å². The lowest BCUT2D eigenvalue weighted by Crippen LogP contribution is -2.11. The van der Waals surface area contributed by atoms with Crippen LogP contribution in [0.3, 0.4) is 0 Å². The molecule has 0 heterocycles. The van der Waals surface area contributed by atoms with E-state index in [4.69, 9.17) is 9.47 Å². The van der Waals surface area contributed by atoms with Crippen LogP contribution < -0.4 is 4.74 Å². The SMILES string of the molecule is COC(=O)c1c(C)c(C)c(C)c(C)c1-c1ccc(OC)c2ccccc12. The Morgan fingerprint density at radius 2 is 1.38 bits per heavy atom. The number of fused-ring (bicyclic) bond motifs is 1. The largest absolute Gasteiger partial charge is 0.496 e. The summed E-state index contributed by atoms with van der Waals surface area (Å²) in [7, 11) is 3.11. The fourth-order valence-electron chi connectivity index (χ4n) is 3.67. The summed E-state index contributed by atoms with van der Waals surface area (Å²) in [6.07, 6.45) is 0. The highest BCUT2D eigenvalue weighted by Crippen LogP contribution is 2.40. The Morgan fingerprint density at radius 3 is 2.00 bits per heavy atom. The minimum Gasteiger partial charge on any atom is -0.496 e. The standard InChI is InChI=1S/C23H24O3/c1-13-14(2)16(4)22(23(24)26-6)21(15(13)3)19-11-12-20(25-5)18-10-8-7-9-17(18)19/h7-12H,1-6H3. The normalized spacial score (nSPS) is 10.8. The number of carbonyl (C=O) groups is 1. The number of esters is 1. The summed E-state index contributed by atoms with van der Waals surface area (Å²) in [5.74, 6) is 0.519. The third-order valence-corrected chi connectivity index (χ3v) is 5.45. The lowest BCUT2D eigenvalue weighted by atomic mass is 9.84. The van der Waals surface area contributed by atoms with E-state index in [9.17, 15) is 4.79 Å². The molecule has 0 aliphatic heterocycles. The van der Waals surface area contributed by atoms with Crippen LogP contribution in [0.5, 0.6) is 5.75 Å². The maximum Gasteiger partial charge on any atom is 0.338 e. The van der Waals surface area contributed by atoms with Crippen LogP contribution in [-0.2, 0) is 4.74 Å². The van der Waals surface area contributed by atoms with Crippen molar-refractivity contribution in [2.45, 2.75) is 27.7 Å². The van der Waals surface area contributed by atoms with Crippen LogP contribution in [0.1, 0.15) is 32.6 Å². The number of ether oxygens (including phenoxy) is 2. The molecule has 0 saturated heterocycles. The Kier molecular flexibility index (Phi) is 4.73. The first-order chi connectivity index (χ1) is 12.4. The van der Waals surface area contributed by atoms with E-state index in [-0.39, 0.29) is 5.97 Å². The number of methoxy groups -OCH3 is 2. The summed E-state index contributed by atoms with van der Waals surface area (Å²) in [4.78, 5) is 12.7. The fraction of sp³-hybridized carbons (Fsp3) is 0.261. The molecule has 3 aromatic rings. The van der Waals surface area contributed by atoms with Gasteiger partial charge in [0, 0.05) is 10.9 Å². The second-order valence-corrected chi connectivity index (χ2v) is 6.60. The summed E-state index contributed by atoms with van der Waals surface area (Å²) >= 11 is 0. The van der Waals surface area contributed by atoms with Gasteiger partial charge in [0.05, 0.1) is 19.8 Å². The molecule has 0 amide bonds. The van der Waals surface area contributed by atoms with E-state index < -0.39 is 0 Å². The summed E-state index contributed by atoms with van der Waals surface area (Å²) in [5, 5.41) is 2.08. The summed E-state index contributed by atoms with van der Waals surface area (Å²) in [5.41, 5.74) is 7.00. The lowest BCUT2D eigenvalue weighted by molar-refractivity contribution is 0.0600. The summed E-state index contributed by atoms with van der Waals surface area (Å²) < 4.78 is 10.6. The third-order valence-electron chi connectivity index (χ3n) is 5.45. The second-order valence-electron chi connectivity index (χ2n) is 6.60. The molecule has 0 bridgehead atoms. The van der Waals surface area contributed by atoms with E-state index >= 15 is 0 Å². The molecule has 134 valence electrons. The molecule has 0 N–H and O–H groups in total. The van der Waals surface area contributed by atoms with Gasteiger partial charge in [-0.3, -0.25) is 0 Å². The fourth-order valence-corrected chi connectivity index (χ4v) is 3.67. The lowest BCUT2D eigenvalue weighted by Gasteiger charge is -2.21. The third kappa shape index (κ3) is 2.64. The van der Waals surface area contributed by atoms with E-state index in [0.29, 0.717) is 5.56 Å². The van der Waals surface area contributed by atoms with Gasteiger partial charge in [0.2, 0.25) is 0 Å². The molecule has 3 nitrogen and oxygen atoms in total. The van der Waals surface area contributed by atoms with E-state index in [0.717, 1.165) is 44.3 Å². The number of benzene rings is 3. The first kappa shape index (κ1) is 18.0. The van der Waals surface area contributed by atoms with Gasteiger partial charge in [0.1, 0.15) is 5.75 Å². The quantitative estimate of drug-likeness (QED) is 0.583. The first-order valence-electron chi connectivity index (χ1n) is 8.67. The molecule has 26 heavy (non-hydrogen) atoms. The van der Waals surface area contributed by atoms with E-state index in [2.05, 4.69) is 26.8 Å². The Bertz CT molecular complexity index is 1020. The van der Waals surface area contributed by atoms with Crippen LogP contribution in [0.15, 0.2) is 36.4 Å². The van der Waals surface area contributed by atoms with Gasteiger partial charge in [-0.15, -0.1) is 0 Å². The maximum absolute atomic E-state index is 12.7. The van der Waals surface area contributed by atoms with E-state index in [1.54, 1.807) is 7.11 Å². The smallest absolute Gasteiger partial charge is 0.338 e. The van der Waals surface area contributed by atoms with Crippen molar-refractivity contribution in [1.82, 2.24) is 0 Å². The molecule has 0 unspecified atom stereocenters. The minimum atomic E-state index is -0.302. The van der Waals surface area contributed by atoms with Crippen molar-refractivity contribution in [3.63, 3.8) is 0 Å². The van der Waals surface area contributed by atoms with Crippen LogP contribution >= 0.6 is 0 Å². The van der Waals surface area contributed by atoms with E-state index in [1.807, 2.05) is 37.3 Å². The predicted octanol–water partition coefficient (Wildman–Crippen LogP) is 5.54. The highest BCUT2D eigenvalue weighted by atomic mass is 16.5. The molecule has 3 heteroatoms. The van der Waals surface area contributed by atoms with Crippen LogP contribution in [-0.4, -0.2) is 20.2 Å².